The third-order valence-corrected chi connectivity index (χ3v) is 6.61. The van der Waals surface area contributed by atoms with E-state index in [-0.39, 0.29) is 0 Å². The summed E-state index contributed by atoms with van der Waals surface area (Å²) in [6.07, 6.45) is 7.99. The summed E-state index contributed by atoms with van der Waals surface area (Å²) in [5, 5.41) is 3.45. The molecule has 0 atom stereocenters. The number of piperidine rings is 1. The highest BCUT2D eigenvalue weighted by Gasteiger charge is 2.24. The Balaban J connectivity index is 1.27. The summed E-state index contributed by atoms with van der Waals surface area (Å²) in [4.78, 5) is 26.5. The Hall–Kier alpha value is -2.54. The number of likely N-dealkylation sites (tertiary alicyclic amines) is 1. The van der Waals surface area contributed by atoms with Crippen LogP contribution in [0.15, 0.2) is 41.4 Å². The van der Waals surface area contributed by atoms with E-state index in [9.17, 15) is 4.79 Å². The topological polar surface area (TPSA) is 54.4 Å². The number of carbonyl (C=O) groups excluding carboxylic acids is 1. The van der Waals surface area contributed by atoms with Gasteiger partial charge < -0.3 is 20.0 Å². The Bertz CT molecular complexity index is 783. The van der Waals surface area contributed by atoms with Gasteiger partial charge >= 0.3 is 0 Å². The molecule has 0 bridgehead atoms. The second-order valence-electron chi connectivity index (χ2n) is 8.92. The first-order chi connectivity index (χ1) is 15.7. The second kappa shape index (κ2) is 11.4. The van der Waals surface area contributed by atoms with Crippen molar-refractivity contribution in [1.29, 1.82) is 0 Å². The lowest BCUT2D eigenvalue weighted by atomic mass is 10.1. The fourth-order valence-corrected chi connectivity index (χ4v) is 4.65. The molecule has 3 heterocycles. The first kappa shape index (κ1) is 22.6. The number of piperazine rings is 1. The minimum atomic E-state index is 0.298. The fourth-order valence-electron chi connectivity index (χ4n) is 4.65. The molecule has 0 spiro atoms. The van der Waals surface area contributed by atoms with E-state index < -0.39 is 0 Å². The van der Waals surface area contributed by atoms with Crippen molar-refractivity contribution in [3.8, 4) is 0 Å². The van der Waals surface area contributed by atoms with Crippen LogP contribution in [0, 0.1) is 0 Å². The maximum atomic E-state index is 12.6. The SMILES string of the molecule is CCNC(=NCc1ccc(N2CC=CC2)cc1)N1CCN(CC(=O)N2CCCCC2)CC1. The van der Waals surface area contributed by atoms with Crippen molar-refractivity contribution >= 4 is 17.6 Å². The lowest BCUT2D eigenvalue weighted by Gasteiger charge is -2.37. The molecule has 0 aliphatic carbocycles. The van der Waals surface area contributed by atoms with E-state index in [1.165, 1.54) is 17.7 Å². The van der Waals surface area contributed by atoms with Gasteiger partial charge in [-0.3, -0.25) is 9.69 Å². The Morgan fingerprint density at radius 1 is 0.906 bits per heavy atom. The van der Waals surface area contributed by atoms with Gasteiger partial charge in [-0.05, 0) is 43.9 Å². The van der Waals surface area contributed by atoms with Gasteiger partial charge in [-0.2, -0.15) is 0 Å². The van der Waals surface area contributed by atoms with Gasteiger partial charge in [0.05, 0.1) is 13.1 Å². The minimum Gasteiger partial charge on any atom is -0.364 e. The number of nitrogens with one attached hydrogen (secondary N) is 1. The van der Waals surface area contributed by atoms with Gasteiger partial charge in [0, 0.05) is 64.6 Å². The lowest BCUT2D eigenvalue weighted by Crippen LogP contribution is -2.54. The van der Waals surface area contributed by atoms with Gasteiger partial charge in [-0.25, -0.2) is 4.99 Å². The molecule has 0 aromatic heterocycles. The molecule has 3 aliphatic heterocycles. The summed E-state index contributed by atoms with van der Waals surface area (Å²) in [5.41, 5.74) is 2.49. The van der Waals surface area contributed by atoms with Crippen molar-refractivity contribution in [2.75, 3.05) is 70.3 Å². The Kier molecular flexibility index (Phi) is 8.04. The number of amides is 1. The summed E-state index contributed by atoms with van der Waals surface area (Å²) in [5.74, 6) is 1.27. The average molecular weight is 439 g/mol. The van der Waals surface area contributed by atoms with Gasteiger partial charge in [-0.1, -0.05) is 24.3 Å². The van der Waals surface area contributed by atoms with Crippen molar-refractivity contribution in [2.45, 2.75) is 32.7 Å². The first-order valence-electron chi connectivity index (χ1n) is 12.2. The van der Waals surface area contributed by atoms with E-state index >= 15 is 0 Å². The Morgan fingerprint density at radius 3 is 2.25 bits per heavy atom. The van der Waals surface area contributed by atoms with Crippen LogP contribution in [0.4, 0.5) is 5.69 Å². The molecule has 7 heteroatoms. The van der Waals surface area contributed by atoms with Crippen LogP contribution in [-0.4, -0.2) is 92.0 Å². The predicted octanol–water partition coefficient (Wildman–Crippen LogP) is 2.16. The Morgan fingerprint density at radius 2 is 1.59 bits per heavy atom. The number of hydrogen-bond donors (Lipinski definition) is 1. The van der Waals surface area contributed by atoms with Crippen LogP contribution in [0.3, 0.4) is 0 Å². The standard InChI is InChI=1S/C25H38N6O/c1-2-26-25(27-20-22-8-10-23(11-9-22)29-12-6-7-13-29)31-18-16-28(17-19-31)21-24(32)30-14-4-3-5-15-30/h6-11H,2-5,12-21H2,1H3,(H,26,27). The van der Waals surface area contributed by atoms with Gasteiger partial charge in [0.25, 0.3) is 0 Å². The van der Waals surface area contributed by atoms with Crippen LogP contribution in [0.25, 0.3) is 0 Å². The lowest BCUT2D eigenvalue weighted by molar-refractivity contribution is -0.133. The van der Waals surface area contributed by atoms with Crippen molar-refractivity contribution in [1.82, 2.24) is 20.0 Å². The summed E-state index contributed by atoms with van der Waals surface area (Å²) >= 11 is 0. The third-order valence-electron chi connectivity index (χ3n) is 6.61. The molecule has 0 saturated carbocycles. The zero-order valence-electron chi connectivity index (χ0n) is 19.5. The summed E-state index contributed by atoms with van der Waals surface area (Å²) in [6.45, 7) is 11.7. The average Bonchev–Trinajstić information content (AvgIpc) is 3.38. The first-order valence-corrected chi connectivity index (χ1v) is 12.2. The van der Waals surface area contributed by atoms with Crippen LogP contribution >= 0.6 is 0 Å². The molecular weight excluding hydrogens is 400 g/mol. The van der Waals surface area contributed by atoms with Crippen LogP contribution in [0.1, 0.15) is 31.7 Å². The molecular formula is C25H38N6O. The molecule has 2 fully saturated rings. The molecule has 1 aromatic carbocycles. The molecule has 1 N–H and O–H groups in total. The number of aliphatic imine (C=N–C) groups is 1. The number of benzene rings is 1. The summed E-state index contributed by atoms with van der Waals surface area (Å²) in [7, 11) is 0. The van der Waals surface area contributed by atoms with E-state index in [0.29, 0.717) is 19.0 Å². The molecule has 0 radical (unpaired) electrons. The number of guanidine groups is 1. The quantitative estimate of drug-likeness (QED) is 0.419. The maximum Gasteiger partial charge on any atom is 0.236 e. The van der Waals surface area contributed by atoms with E-state index in [2.05, 4.69) is 63.4 Å². The number of nitrogens with zero attached hydrogens (tertiary/aromatic N) is 5. The second-order valence-corrected chi connectivity index (χ2v) is 8.92. The maximum absolute atomic E-state index is 12.6. The molecule has 7 nitrogen and oxygen atoms in total. The number of rotatable bonds is 6. The monoisotopic (exact) mass is 438 g/mol. The smallest absolute Gasteiger partial charge is 0.236 e. The van der Waals surface area contributed by atoms with E-state index in [1.54, 1.807) is 0 Å². The molecule has 2 saturated heterocycles. The van der Waals surface area contributed by atoms with Gasteiger partial charge in [-0.15, -0.1) is 0 Å². The van der Waals surface area contributed by atoms with Gasteiger partial charge in [0.1, 0.15) is 0 Å². The predicted molar refractivity (Wildman–Crippen MR) is 131 cm³/mol. The largest absolute Gasteiger partial charge is 0.364 e. The van der Waals surface area contributed by atoms with E-state index in [1.807, 2.05) is 4.90 Å². The van der Waals surface area contributed by atoms with Gasteiger partial charge in [0.15, 0.2) is 5.96 Å². The summed E-state index contributed by atoms with van der Waals surface area (Å²) < 4.78 is 0. The molecule has 0 unspecified atom stereocenters. The van der Waals surface area contributed by atoms with E-state index in [0.717, 1.165) is 77.7 Å². The summed E-state index contributed by atoms with van der Waals surface area (Å²) in [6, 6.07) is 8.77. The third kappa shape index (κ3) is 6.03. The molecule has 4 rings (SSSR count). The van der Waals surface area contributed by atoms with Crippen LogP contribution in [0.2, 0.25) is 0 Å². The van der Waals surface area contributed by atoms with Gasteiger partial charge in [0.2, 0.25) is 5.91 Å². The zero-order chi connectivity index (χ0) is 22.2. The normalized spacial score (nSPS) is 20.2. The molecule has 32 heavy (non-hydrogen) atoms. The fraction of sp³-hybridized carbons (Fsp3) is 0.600. The molecule has 174 valence electrons. The zero-order valence-corrected chi connectivity index (χ0v) is 19.5. The highest BCUT2D eigenvalue weighted by Crippen LogP contribution is 2.18. The van der Waals surface area contributed by atoms with Crippen molar-refractivity contribution < 1.29 is 4.79 Å². The highest BCUT2D eigenvalue weighted by atomic mass is 16.2. The molecule has 1 amide bonds. The minimum absolute atomic E-state index is 0.298. The highest BCUT2D eigenvalue weighted by molar-refractivity contribution is 5.80. The number of anilines is 1. The van der Waals surface area contributed by atoms with Crippen LogP contribution < -0.4 is 10.2 Å². The molecule has 1 aromatic rings. The van der Waals surface area contributed by atoms with Crippen LogP contribution in [0.5, 0.6) is 0 Å². The van der Waals surface area contributed by atoms with Crippen LogP contribution in [-0.2, 0) is 11.3 Å². The Labute approximate surface area is 192 Å². The van der Waals surface area contributed by atoms with Crippen molar-refractivity contribution in [2.24, 2.45) is 4.99 Å². The van der Waals surface area contributed by atoms with E-state index in [4.69, 9.17) is 4.99 Å². The van der Waals surface area contributed by atoms with Crippen molar-refractivity contribution in [3.63, 3.8) is 0 Å². The molecule has 3 aliphatic rings. The van der Waals surface area contributed by atoms with Crippen molar-refractivity contribution in [3.05, 3.63) is 42.0 Å². The number of carbonyl (C=O) groups is 1. The number of hydrogen-bond acceptors (Lipinski definition) is 4.